The highest BCUT2D eigenvalue weighted by Gasteiger charge is 2.18. The highest BCUT2D eigenvalue weighted by Crippen LogP contribution is 2.22. The fourth-order valence-electron chi connectivity index (χ4n) is 3.35. The van der Waals surface area contributed by atoms with Crippen LogP contribution in [0.15, 0.2) is 52.1 Å². The summed E-state index contributed by atoms with van der Waals surface area (Å²) in [6.07, 6.45) is 0.644. The Morgan fingerprint density at radius 3 is 2.50 bits per heavy atom. The minimum atomic E-state index is -0.637. The van der Waals surface area contributed by atoms with Gasteiger partial charge in [0.05, 0.1) is 29.3 Å². The molecule has 1 amide bonds. The van der Waals surface area contributed by atoms with Crippen molar-refractivity contribution < 1.29 is 14.3 Å². The molecule has 0 atom stereocenters. The van der Waals surface area contributed by atoms with Crippen LogP contribution in [-0.4, -0.2) is 28.1 Å². The quantitative estimate of drug-likeness (QED) is 0.549. The number of hydrogen-bond acceptors (Lipinski definition) is 5. The van der Waals surface area contributed by atoms with Gasteiger partial charge in [0.25, 0.3) is 5.56 Å². The van der Waals surface area contributed by atoms with E-state index in [-0.39, 0.29) is 29.9 Å². The zero-order valence-corrected chi connectivity index (χ0v) is 18.8. The number of esters is 1. The van der Waals surface area contributed by atoms with Crippen molar-refractivity contribution in [1.29, 1.82) is 0 Å². The molecule has 2 aromatic carbocycles. The molecule has 0 aliphatic heterocycles. The second-order valence-electron chi connectivity index (χ2n) is 7.75. The second kappa shape index (κ2) is 9.82. The average Bonchev–Trinajstić information content (AvgIpc) is 2.76. The molecule has 0 aliphatic carbocycles. The molecule has 9 heteroatoms. The summed E-state index contributed by atoms with van der Waals surface area (Å²) in [7, 11) is 1.23. The van der Waals surface area contributed by atoms with E-state index in [1.807, 2.05) is 13.8 Å². The number of aromatic nitrogens is 2. The maximum atomic E-state index is 13.1. The molecule has 168 valence electrons. The van der Waals surface area contributed by atoms with Crippen LogP contribution < -0.4 is 16.6 Å². The number of fused-ring (bicyclic) bond motifs is 1. The number of carbonyl (C=O) groups is 2. The van der Waals surface area contributed by atoms with Crippen molar-refractivity contribution in [3.63, 3.8) is 0 Å². The van der Waals surface area contributed by atoms with Crippen LogP contribution in [0.25, 0.3) is 10.9 Å². The van der Waals surface area contributed by atoms with Crippen LogP contribution in [0, 0.1) is 5.92 Å². The first-order valence-corrected chi connectivity index (χ1v) is 10.5. The predicted octanol–water partition coefficient (Wildman–Crippen LogP) is 3.29. The number of methoxy groups -OCH3 is 1. The highest BCUT2D eigenvalue weighted by atomic mass is 35.5. The van der Waals surface area contributed by atoms with Crippen LogP contribution in [0.5, 0.6) is 0 Å². The molecule has 0 radical (unpaired) electrons. The van der Waals surface area contributed by atoms with Crippen LogP contribution in [0.1, 0.15) is 30.6 Å². The standard InChI is InChI=1S/C23H24ClN3O5/c1-14(2)10-11-26-21(29)17-6-4-5-7-19(17)27(23(26)31)13-20(28)25-18-12-15(24)8-9-16(18)22(30)32-3/h4-9,12,14H,10-11,13H2,1-3H3,(H,25,28). The summed E-state index contributed by atoms with van der Waals surface area (Å²) in [5.74, 6) is -0.898. The smallest absolute Gasteiger partial charge is 0.339 e. The molecule has 0 bridgehead atoms. The summed E-state index contributed by atoms with van der Waals surface area (Å²) in [6, 6.07) is 11.0. The Kier molecular flexibility index (Phi) is 7.15. The monoisotopic (exact) mass is 457 g/mol. The van der Waals surface area contributed by atoms with Gasteiger partial charge in [-0.15, -0.1) is 0 Å². The Morgan fingerprint density at radius 1 is 1.09 bits per heavy atom. The van der Waals surface area contributed by atoms with E-state index in [1.54, 1.807) is 24.3 Å². The van der Waals surface area contributed by atoms with E-state index < -0.39 is 17.6 Å². The van der Waals surface area contributed by atoms with Gasteiger partial charge in [-0.3, -0.25) is 18.7 Å². The molecule has 1 N–H and O–H groups in total. The van der Waals surface area contributed by atoms with E-state index in [1.165, 1.54) is 29.9 Å². The predicted molar refractivity (Wildman–Crippen MR) is 123 cm³/mol. The number of amides is 1. The zero-order valence-electron chi connectivity index (χ0n) is 18.1. The molecule has 0 saturated heterocycles. The number of ether oxygens (including phenoxy) is 1. The largest absolute Gasteiger partial charge is 0.465 e. The number of carbonyl (C=O) groups excluding carboxylic acids is 2. The Balaban J connectivity index is 2.02. The SMILES string of the molecule is COC(=O)c1ccc(Cl)cc1NC(=O)Cn1c(=O)n(CCC(C)C)c(=O)c2ccccc21. The summed E-state index contributed by atoms with van der Waals surface area (Å²) in [6.45, 7) is 3.90. The average molecular weight is 458 g/mol. The maximum Gasteiger partial charge on any atom is 0.339 e. The molecule has 3 aromatic rings. The molecular weight excluding hydrogens is 434 g/mol. The van der Waals surface area contributed by atoms with Gasteiger partial charge in [-0.2, -0.15) is 0 Å². The maximum absolute atomic E-state index is 13.1. The van der Waals surface area contributed by atoms with Crippen molar-refractivity contribution in [2.24, 2.45) is 5.92 Å². The summed E-state index contributed by atoms with van der Waals surface area (Å²) in [5, 5.41) is 3.29. The number of halogens is 1. The first kappa shape index (κ1) is 23.3. The van der Waals surface area contributed by atoms with Crippen molar-refractivity contribution in [1.82, 2.24) is 9.13 Å². The lowest BCUT2D eigenvalue weighted by Crippen LogP contribution is -2.42. The molecule has 0 saturated carbocycles. The van der Waals surface area contributed by atoms with Gasteiger partial charge in [-0.25, -0.2) is 9.59 Å². The third-order valence-corrected chi connectivity index (χ3v) is 5.26. The Bertz CT molecular complexity index is 1290. The van der Waals surface area contributed by atoms with Gasteiger partial charge >= 0.3 is 11.7 Å². The Labute approximate surface area is 189 Å². The zero-order chi connectivity index (χ0) is 23.4. The van der Waals surface area contributed by atoms with E-state index >= 15 is 0 Å². The van der Waals surface area contributed by atoms with E-state index in [2.05, 4.69) is 5.32 Å². The number of nitrogens with one attached hydrogen (secondary N) is 1. The molecule has 32 heavy (non-hydrogen) atoms. The van der Waals surface area contributed by atoms with Crippen LogP contribution in [0.2, 0.25) is 5.02 Å². The molecule has 0 aliphatic rings. The van der Waals surface area contributed by atoms with Crippen molar-refractivity contribution in [2.75, 3.05) is 12.4 Å². The number of rotatable bonds is 7. The molecule has 0 fully saturated rings. The van der Waals surface area contributed by atoms with Crippen molar-refractivity contribution >= 4 is 40.1 Å². The molecule has 8 nitrogen and oxygen atoms in total. The lowest BCUT2D eigenvalue weighted by Gasteiger charge is -2.15. The van der Waals surface area contributed by atoms with Crippen molar-refractivity contribution in [3.05, 3.63) is 73.9 Å². The van der Waals surface area contributed by atoms with Gasteiger partial charge < -0.3 is 10.1 Å². The van der Waals surface area contributed by atoms with Crippen molar-refractivity contribution in [3.8, 4) is 0 Å². The van der Waals surface area contributed by atoms with E-state index in [9.17, 15) is 19.2 Å². The first-order chi connectivity index (χ1) is 15.2. The molecule has 0 spiro atoms. The van der Waals surface area contributed by atoms with Crippen LogP contribution >= 0.6 is 11.6 Å². The Hall–Kier alpha value is -3.39. The van der Waals surface area contributed by atoms with Gasteiger partial charge in [0.1, 0.15) is 6.54 Å². The van der Waals surface area contributed by atoms with Gasteiger partial charge in [-0.1, -0.05) is 37.6 Å². The van der Waals surface area contributed by atoms with E-state index in [4.69, 9.17) is 16.3 Å². The molecule has 3 rings (SSSR count). The fourth-order valence-corrected chi connectivity index (χ4v) is 3.52. The van der Waals surface area contributed by atoms with Crippen LogP contribution in [0.3, 0.4) is 0 Å². The number of hydrogen-bond donors (Lipinski definition) is 1. The lowest BCUT2D eigenvalue weighted by molar-refractivity contribution is -0.116. The highest BCUT2D eigenvalue weighted by molar-refractivity contribution is 6.31. The van der Waals surface area contributed by atoms with Gasteiger partial charge in [0, 0.05) is 11.6 Å². The van der Waals surface area contributed by atoms with Gasteiger partial charge in [0.2, 0.25) is 5.91 Å². The summed E-state index contributed by atoms with van der Waals surface area (Å²) < 4.78 is 7.16. The number of benzene rings is 2. The van der Waals surface area contributed by atoms with Gasteiger partial charge in [0.15, 0.2) is 0 Å². The number of anilines is 1. The molecule has 1 heterocycles. The molecule has 1 aromatic heterocycles. The first-order valence-electron chi connectivity index (χ1n) is 10.1. The van der Waals surface area contributed by atoms with E-state index in [0.717, 1.165) is 4.57 Å². The topological polar surface area (TPSA) is 99.4 Å². The molecule has 0 unspecified atom stereocenters. The third kappa shape index (κ3) is 4.91. The summed E-state index contributed by atoms with van der Waals surface area (Å²) in [4.78, 5) is 50.9. The van der Waals surface area contributed by atoms with Crippen molar-refractivity contribution in [2.45, 2.75) is 33.4 Å². The third-order valence-electron chi connectivity index (χ3n) is 5.03. The minimum Gasteiger partial charge on any atom is -0.465 e. The summed E-state index contributed by atoms with van der Waals surface area (Å²) >= 11 is 6.01. The Morgan fingerprint density at radius 2 is 1.81 bits per heavy atom. The van der Waals surface area contributed by atoms with Crippen LogP contribution in [-0.2, 0) is 22.6 Å². The number of para-hydroxylation sites is 1. The van der Waals surface area contributed by atoms with Gasteiger partial charge in [-0.05, 0) is 42.7 Å². The second-order valence-corrected chi connectivity index (χ2v) is 8.19. The van der Waals surface area contributed by atoms with Crippen LogP contribution in [0.4, 0.5) is 5.69 Å². The summed E-state index contributed by atoms with van der Waals surface area (Å²) in [5.41, 5.74) is -0.295. The minimum absolute atomic E-state index is 0.129. The number of nitrogens with zero attached hydrogens (tertiary/aromatic N) is 2. The lowest BCUT2D eigenvalue weighted by atomic mass is 10.1. The molecular formula is C23H24ClN3O5. The van der Waals surface area contributed by atoms with E-state index in [0.29, 0.717) is 28.3 Å². The normalized spacial score (nSPS) is 11.0. The fraction of sp³-hybridized carbons (Fsp3) is 0.304.